The fraction of sp³-hybridized carbons (Fsp3) is 0.0588. The minimum atomic E-state index is -4.71. The molecule has 0 aliphatic carbocycles. The van der Waals surface area contributed by atoms with E-state index < -0.39 is 39.3 Å². The van der Waals surface area contributed by atoms with Gasteiger partial charge in [0.25, 0.3) is 10.9 Å². The largest absolute Gasteiger partial charge is 0.417 e. The minimum Gasteiger partial charge on any atom is -0.350 e. The van der Waals surface area contributed by atoms with Crippen molar-refractivity contribution in [3.05, 3.63) is 79.1 Å². The first-order valence-corrected chi connectivity index (χ1v) is 7.65. The number of rotatable bonds is 4. The third-order valence-corrected chi connectivity index (χ3v) is 3.97. The molecule has 2 N–H and O–H groups in total. The van der Waals surface area contributed by atoms with Gasteiger partial charge < -0.3 is 10.6 Å². The molecule has 140 valence electrons. The van der Waals surface area contributed by atoms with Crippen LogP contribution in [0, 0.1) is 11.6 Å². The lowest BCUT2D eigenvalue weighted by atomic mass is 10.1. The summed E-state index contributed by atoms with van der Waals surface area (Å²) < 4.78 is 64.9. The lowest BCUT2D eigenvalue weighted by molar-refractivity contribution is -0.137. The highest BCUT2D eigenvalue weighted by Crippen LogP contribution is 2.37. The molecule has 0 bridgehead atoms. The van der Waals surface area contributed by atoms with Crippen molar-refractivity contribution in [2.24, 2.45) is 0 Å². The number of benzene rings is 2. The molecular formula is C17H8ClF5N2O2. The van der Waals surface area contributed by atoms with E-state index in [0.29, 0.717) is 6.07 Å². The first kappa shape index (κ1) is 18.8. The Morgan fingerprint density at radius 1 is 0.778 bits per heavy atom. The van der Waals surface area contributed by atoms with E-state index in [-0.39, 0.29) is 22.7 Å². The van der Waals surface area contributed by atoms with Gasteiger partial charge in [0.05, 0.1) is 10.6 Å². The van der Waals surface area contributed by atoms with Crippen molar-refractivity contribution in [2.75, 3.05) is 10.6 Å². The van der Waals surface area contributed by atoms with E-state index in [4.69, 9.17) is 11.6 Å². The van der Waals surface area contributed by atoms with Gasteiger partial charge in [-0.15, -0.1) is 0 Å². The van der Waals surface area contributed by atoms with Gasteiger partial charge in [-0.05, 0) is 30.3 Å². The molecule has 0 saturated carbocycles. The monoisotopic (exact) mass is 402 g/mol. The van der Waals surface area contributed by atoms with E-state index in [9.17, 15) is 31.5 Å². The summed E-state index contributed by atoms with van der Waals surface area (Å²) in [4.78, 5) is 23.5. The van der Waals surface area contributed by atoms with Gasteiger partial charge >= 0.3 is 6.18 Å². The summed E-state index contributed by atoms with van der Waals surface area (Å²) in [5.41, 5.74) is -3.78. The van der Waals surface area contributed by atoms with Crippen molar-refractivity contribution < 1.29 is 22.0 Å². The maximum absolute atomic E-state index is 13.2. The summed E-state index contributed by atoms with van der Waals surface area (Å²) in [7, 11) is 0. The summed E-state index contributed by atoms with van der Waals surface area (Å²) in [6, 6.07) is 5.56. The average Bonchev–Trinajstić information content (AvgIpc) is 2.61. The van der Waals surface area contributed by atoms with Crippen LogP contribution in [-0.4, -0.2) is 0 Å². The van der Waals surface area contributed by atoms with Gasteiger partial charge in [-0.25, -0.2) is 8.78 Å². The van der Waals surface area contributed by atoms with Crippen molar-refractivity contribution in [3.8, 4) is 0 Å². The van der Waals surface area contributed by atoms with E-state index in [1.807, 2.05) is 0 Å². The molecule has 3 aromatic carbocycles. The first-order chi connectivity index (χ1) is 12.6. The van der Waals surface area contributed by atoms with Crippen LogP contribution < -0.4 is 21.5 Å². The Bertz CT molecular complexity index is 1100. The normalized spacial score (nSPS) is 11.6. The molecule has 0 atom stereocenters. The van der Waals surface area contributed by atoms with Crippen molar-refractivity contribution in [1.29, 1.82) is 0 Å². The number of hydrogen-bond acceptors (Lipinski definition) is 4. The highest BCUT2D eigenvalue weighted by Gasteiger charge is 2.33. The number of hydrogen-bond donors (Lipinski definition) is 2. The molecule has 0 spiro atoms. The van der Waals surface area contributed by atoms with Crippen molar-refractivity contribution >= 4 is 34.4 Å². The molecule has 4 nitrogen and oxygen atoms in total. The Morgan fingerprint density at radius 3 is 1.81 bits per heavy atom. The summed E-state index contributed by atoms with van der Waals surface area (Å²) >= 11 is 5.52. The molecule has 0 unspecified atom stereocenters. The van der Waals surface area contributed by atoms with Gasteiger partial charge in [0.1, 0.15) is 11.4 Å². The number of alkyl halides is 3. The van der Waals surface area contributed by atoms with Gasteiger partial charge in [-0.3, -0.25) is 9.59 Å². The third kappa shape index (κ3) is 3.63. The van der Waals surface area contributed by atoms with E-state index in [0.717, 1.165) is 24.3 Å². The summed E-state index contributed by atoms with van der Waals surface area (Å²) in [6.45, 7) is 0. The van der Waals surface area contributed by atoms with Gasteiger partial charge in [-0.2, -0.15) is 13.2 Å². The van der Waals surface area contributed by atoms with Crippen molar-refractivity contribution in [1.82, 2.24) is 0 Å². The molecule has 0 saturated heterocycles. The Hall–Kier alpha value is -2.94. The second-order valence-corrected chi connectivity index (χ2v) is 5.89. The van der Waals surface area contributed by atoms with Gasteiger partial charge in [0.2, 0.25) is 0 Å². The van der Waals surface area contributed by atoms with Gasteiger partial charge in [0.15, 0.2) is 11.6 Å². The highest BCUT2D eigenvalue weighted by molar-refractivity contribution is 6.31. The van der Waals surface area contributed by atoms with Crippen LogP contribution in [0.5, 0.6) is 0 Å². The second kappa shape index (κ2) is 6.66. The predicted molar refractivity (Wildman–Crippen MR) is 90.7 cm³/mol. The smallest absolute Gasteiger partial charge is 0.350 e. The fourth-order valence-electron chi connectivity index (χ4n) is 2.31. The van der Waals surface area contributed by atoms with Crippen LogP contribution in [0.1, 0.15) is 5.56 Å². The fourth-order valence-corrected chi connectivity index (χ4v) is 2.54. The number of anilines is 4. The zero-order chi connectivity index (χ0) is 19.9. The van der Waals surface area contributed by atoms with Crippen LogP contribution in [0.3, 0.4) is 0 Å². The maximum atomic E-state index is 13.2. The summed E-state index contributed by atoms with van der Waals surface area (Å²) in [5.74, 6) is -2.29. The second-order valence-electron chi connectivity index (χ2n) is 5.48. The quantitative estimate of drug-likeness (QED) is 0.490. The average molecular weight is 403 g/mol. The Labute approximate surface area is 152 Å². The SMILES string of the molecule is O=c1c(Nc2ccc(F)c(F)c2)c(Nc2ccc(Cl)c(C(F)(F)F)c2)c1=O. The van der Waals surface area contributed by atoms with Crippen molar-refractivity contribution in [3.63, 3.8) is 0 Å². The molecule has 0 radical (unpaired) electrons. The number of halogens is 6. The van der Waals surface area contributed by atoms with Crippen molar-refractivity contribution in [2.45, 2.75) is 6.18 Å². The zero-order valence-electron chi connectivity index (χ0n) is 13.0. The van der Waals surface area contributed by atoms with Crippen LogP contribution in [0.4, 0.5) is 44.7 Å². The lowest BCUT2D eigenvalue weighted by Gasteiger charge is -2.16. The predicted octanol–water partition coefficient (Wildman–Crippen LogP) is 4.72. The maximum Gasteiger partial charge on any atom is 0.417 e. The highest BCUT2D eigenvalue weighted by atomic mass is 35.5. The minimum absolute atomic E-state index is 0.0175. The summed E-state index contributed by atoms with van der Waals surface area (Å²) in [5, 5.41) is 4.33. The third-order valence-electron chi connectivity index (χ3n) is 3.64. The Kier molecular flexibility index (Phi) is 4.64. The molecule has 3 aromatic rings. The molecule has 10 heteroatoms. The van der Waals surface area contributed by atoms with E-state index in [2.05, 4.69) is 10.6 Å². The van der Waals surface area contributed by atoms with Crippen LogP contribution >= 0.6 is 11.6 Å². The molecule has 0 aliphatic heterocycles. The molecular weight excluding hydrogens is 395 g/mol. The molecule has 0 aromatic heterocycles. The molecule has 0 fully saturated rings. The first-order valence-electron chi connectivity index (χ1n) is 7.27. The zero-order valence-corrected chi connectivity index (χ0v) is 13.8. The van der Waals surface area contributed by atoms with Crippen LogP contribution in [0.25, 0.3) is 0 Å². The molecule has 3 rings (SSSR count). The van der Waals surface area contributed by atoms with Crippen LogP contribution in [-0.2, 0) is 6.18 Å². The lowest BCUT2D eigenvalue weighted by Crippen LogP contribution is -2.35. The molecule has 0 amide bonds. The molecule has 0 heterocycles. The number of nitrogens with one attached hydrogen (secondary N) is 2. The molecule has 27 heavy (non-hydrogen) atoms. The van der Waals surface area contributed by atoms with Crippen LogP contribution in [0.2, 0.25) is 5.02 Å². The van der Waals surface area contributed by atoms with Gasteiger partial charge in [-0.1, -0.05) is 11.6 Å². The van der Waals surface area contributed by atoms with Crippen LogP contribution in [0.15, 0.2) is 46.0 Å². The molecule has 0 aliphatic rings. The Balaban J connectivity index is 1.91. The van der Waals surface area contributed by atoms with E-state index >= 15 is 0 Å². The summed E-state index contributed by atoms with van der Waals surface area (Å²) in [6.07, 6.45) is -4.71. The van der Waals surface area contributed by atoms with E-state index in [1.165, 1.54) is 6.07 Å². The van der Waals surface area contributed by atoms with E-state index in [1.54, 1.807) is 0 Å². The van der Waals surface area contributed by atoms with Gasteiger partial charge in [0, 0.05) is 17.4 Å². The Morgan fingerprint density at radius 2 is 1.30 bits per heavy atom. The standard InChI is InChI=1S/C17H8ClF5N2O2/c18-10-3-1-7(5-9(10)17(21,22)23)24-13-14(16(27)15(13)26)25-8-2-4-11(19)12(20)6-8/h1-6,24-25H. The topological polar surface area (TPSA) is 58.2 Å².